The Morgan fingerprint density at radius 1 is 0.492 bits per heavy atom. The van der Waals surface area contributed by atoms with E-state index < -0.39 is 105 Å². The molecule has 0 saturated carbocycles. The fourth-order valence-corrected chi connectivity index (χ4v) is 13.4. The van der Waals surface area contributed by atoms with Crippen LogP contribution in [-0.2, 0) is 9.59 Å². The SMILES string of the molecule is CC(O)C(=O)Nc1c(I)c(C(=O)NCC(O)CO)c(I)c(C(=O)NCC(CO)(CO)CNC(=O)c2c(I)c(NC(=O)C(C)O)c(I)c(C(=O)NCC(O)CO)c2I)c1I. The highest BCUT2D eigenvalue weighted by molar-refractivity contribution is 14.1. The van der Waals surface area contributed by atoms with Crippen LogP contribution in [0.5, 0.6) is 0 Å². The highest BCUT2D eigenvalue weighted by Crippen LogP contribution is 2.37. The van der Waals surface area contributed by atoms with E-state index in [1.165, 1.54) is 13.8 Å². The molecular weight excluding hydrogens is 1470 g/mol. The zero-order valence-corrected chi connectivity index (χ0v) is 43.7. The van der Waals surface area contributed by atoms with Crippen molar-refractivity contribution in [3.8, 4) is 0 Å². The molecule has 2 aromatic carbocycles. The van der Waals surface area contributed by atoms with Gasteiger partial charge in [0.25, 0.3) is 35.4 Å². The molecule has 0 aliphatic rings. The monoisotopic (exact) mass is 1510 g/mol. The van der Waals surface area contributed by atoms with E-state index in [0.29, 0.717) is 0 Å². The number of aliphatic hydroxyl groups excluding tert-OH is 8. The molecule has 0 aliphatic carbocycles. The highest BCUT2D eigenvalue weighted by Gasteiger charge is 2.35. The normalized spacial score (nSPS) is 13.4. The quantitative estimate of drug-likeness (QED) is 0.0726. The molecule has 14 N–H and O–H groups in total. The minimum atomic E-state index is -1.64. The van der Waals surface area contributed by atoms with Gasteiger partial charge in [0.05, 0.1) is 92.0 Å². The molecule has 0 spiro atoms. The lowest BCUT2D eigenvalue weighted by Crippen LogP contribution is -2.50. The van der Waals surface area contributed by atoms with Crippen LogP contribution in [0.1, 0.15) is 55.3 Å². The minimum Gasteiger partial charge on any atom is -0.396 e. The number of benzene rings is 2. The van der Waals surface area contributed by atoms with Crippen molar-refractivity contribution in [1.82, 2.24) is 21.3 Å². The fourth-order valence-electron chi connectivity index (χ4n) is 4.58. The summed E-state index contributed by atoms with van der Waals surface area (Å²) in [5.41, 5.74) is -2.06. The third-order valence-electron chi connectivity index (χ3n) is 8.13. The lowest BCUT2D eigenvalue weighted by atomic mass is 9.89. The number of aliphatic hydroxyl groups is 8. The molecule has 2 rings (SSSR count). The summed E-state index contributed by atoms with van der Waals surface area (Å²) in [7, 11) is 0. The van der Waals surface area contributed by atoms with Crippen molar-refractivity contribution in [3.63, 3.8) is 0 Å². The van der Waals surface area contributed by atoms with E-state index in [4.69, 9.17) is 0 Å². The van der Waals surface area contributed by atoms with Gasteiger partial charge in [-0.2, -0.15) is 0 Å². The van der Waals surface area contributed by atoms with Gasteiger partial charge in [0.1, 0.15) is 12.2 Å². The van der Waals surface area contributed by atoms with Crippen LogP contribution in [0.15, 0.2) is 0 Å². The van der Waals surface area contributed by atoms with E-state index in [2.05, 4.69) is 31.9 Å². The average molecular weight is 1510 g/mol. The second-order valence-corrected chi connectivity index (χ2v) is 19.2. The van der Waals surface area contributed by atoms with Gasteiger partial charge in [-0.3, -0.25) is 28.8 Å². The van der Waals surface area contributed by atoms with Crippen LogP contribution in [0.25, 0.3) is 0 Å². The average Bonchev–Trinajstić information content (AvgIpc) is 3.19. The van der Waals surface area contributed by atoms with Crippen molar-refractivity contribution >= 4 is 182 Å². The largest absolute Gasteiger partial charge is 0.396 e. The van der Waals surface area contributed by atoms with Gasteiger partial charge in [0, 0.05) is 33.3 Å². The maximum absolute atomic E-state index is 13.9. The molecule has 0 bridgehead atoms. The third-order valence-corrected chi connectivity index (χ3v) is 14.6. The van der Waals surface area contributed by atoms with E-state index in [-0.39, 0.29) is 68.1 Å². The number of anilines is 2. The molecule has 0 aliphatic heterocycles. The topological polar surface area (TPSA) is 336 Å². The van der Waals surface area contributed by atoms with Crippen molar-refractivity contribution in [3.05, 3.63) is 43.7 Å². The zero-order chi connectivity index (χ0) is 45.1. The van der Waals surface area contributed by atoms with E-state index in [1.807, 2.05) is 0 Å². The van der Waals surface area contributed by atoms with Crippen molar-refractivity contribution < 1.29 is 69.6 Å². The van der Waals surface area contributed by atoms with Crippen LogP contribution in [0, 0.1) is 26.8 Å². The number of nitrogens with one attached hydrogen (secondary N) is 6. The van der Waals surface area contributed by atoms with Crippen molar-refractivity contribution in [2.45, 2.75) is 38.3 Å². The molecule has 0 aromatic heterocycles. The predicted molar refractivity (Wildman–Crippen MR) is 262 cm³/mol. The Labute approximate surface area is 418 Å². The standard InChI is InChI=1S/C33H40I6N6O14/c1-11(50)27(54)44-25-21(36)15(29(56)40-3-13(52)5-46)19(34)17(23(25)38)31(58)42-7-33(9-48,10-49)8-43-32(59)18-20(35)16(30(57)41-4-14(53)6-47)22(37)26(24(18)39)45-28(55)12(2)51/h11-14,46-53H,3-10H2,1-2H3,(H,40,56)(H,41,57)(H,42,58)(H,43,59)(H,44,54)(H,45,55). The van der Waals surface area contributed by atoms with Gasteiger partial charge in [-0.1, -0.05) is 0 Å². The molecule has 4 atom stereocenters. The summed E-state index contributed by atoms with van der Waals surface area (Å²) in [6, 6.07) is 0. The van der Waals surface area contributed by atoms with Gasteiger partial charge in [-0.25, -0.2) is 0 Å². The molecule has 328 valence electrons. The van der Waals surface area contributed by atoms with Gasteiger partial charge in [0.2, 0.25) is 0 Å². The Hall–Kier alpha value is -0.680. The Kier molecular flexibility index (Phi) is 23.1. The van der Waals surface area contributed by atoms with Gasteiger partial charge in [-0.15, -0.1) is 0 Å². The third kappa shape index (κ3) is 14.2. The number of carbonyl (C=O) groups excluding carboxylic acids is 6. The Balaban J connectivity index is 2.57. The second kappa shape index (κ2) is 25.0. The lowest BCUT2D eigenvalue weighted by Gasteiger charge is -2.31. The Bertz CT molecular complexity index is 1800. The zero-order valence-electron chi connectivity index (χ0n) is 30.8. The van der Waals surface area contributed by atoms with E-state index in [1.54, 1.807) is 136 Å². The van der Waals surface area contributed by atoms with Crippen molar-refractivity contribution in [2.24, 2.45) is 5.41 Å². The summed E-state index contributed by atoms with van der Waals surface area (Å²) >= 11 is 10.6. The number of hydrogen-bond donors (Lipinski definition) is 14. The van der Waals surface area contributed by atoms with Gasteiger partial charge in [-0.05, 0) is 149 Å². The number of amides is 6. The molecule has 20 nitrogen and oxygen atoms in total. The first-order valence-electron chi connectivity index (χ1n) is 16.8. The number of halogens is 6. The van der Waals surface area contributed by atoms with Crippen LogP contribution in [0.4, 0.5) is 11.4 Å². The lowest BCUT2D eigenvalue weighted by molar-refractivity contribution is -0.123. The molecule has 59 heavy (non-hydrogen) atoms. The second-order valence-electron chi connectivity index (χ2n) is 12.7. The highest BCUT2D eigenvalue weighted by atomic mass is 127. The summed E-state index contributed by atoms with van der Waals surface area (Å²) in [4.78, 5) is 79.7. The van der Waals surface area contributed by atoms with Gasteiger partial charge < -0.3 is 72.8 Å². The molecule has 26 heteroatoms. The predicted octanol–water partition coefficient (Wildman–Crippen LogP) is -0.750. The Morgan fingerprint density at radius 3 is 1.00 bits per heavy atom. The molecule has 4 unspecified atom stereocenters. The smallest absolute Gasteiger partial charge is 0.253 e. The van der Waals surface area contributed by atoms with E-state index in [9.17, 15) is 69.6 Å². The molecular formula is C33H40I6N6O14. The van der Waals surface area contributed by atoms with Gasteiger partial charge >= 0.3 is 0 Å². The molecule has 0 radical (unpaired) electrons. The van der Waals surface area contributed by atoms with Crippen molar-refractivity contribution in [1.29, 1.82) is 0 Å². The molecule has 0 heterocycles. The molecule has 6 amide bonds. The van der Waals surface area contributed by atoms with E-state index >= 15 is 0 Å². The summed E-state index contributed by atoms with van der Waals surface area (Å²) in [6.07, 6.45) is -5.54. The number of hydrogen-bond acceptors (Lipinski definition) is 14. The molecule has 0 saturated heterocycles. The van der Waals surface area contributed by atoms with Crippen LogP contribution in [0.2, 0.25) is 0 Å². The molecule has 0 fully saturated rings. The number of carbonyl (C=O) groups is 6. The van der Waals surface area contributed by atoms with Crippen LogP contribution in [0.3, 0.4) is 0 Å². The van der Waals surface area contributed by atoms with Crippen molar-refractivity contribution in [2.75, 3.05) is 63.2 Å². The summed E-state index contributed by atoms with van der Waals surface area (Å²) < 4.78 is 0.843. The fraction of sp³-hybridized carbons (Fsp3) is 0.455. The van der Waals surface area contributed by atoms with Crippen LogP contribution in [-0.4, -0.2) is 153 Å². The first-order chi connectivity index (χ1) is 27.5. The Morgan fingerprint density at radius 2 is 0.763 bits per heavy atom. The first-order valence-corrected chi connectivity index (χ1v) is 23.3. The van der Waals surface area contributed by atoms with Crippen LogP contribution < -0.4 is 31.9 Å². The summed E-state index contributed by atoms with van der Waals surface area (Å²) in [5.74, 6) is -4.94. The summed E-state index contributed by atoms with van der Waals surface area (Å²) in [6.45, 7) is -2.13. The maximum Gasteiger partial charge on any atom is 0.253 e. The first kappa shape index (κ1) is 54.5. The molecule has 2 aromatic rings. The number of rotatable bonds is 20. The van der Waals surface area contributed by atoms with E-state index in [0.717, 1.165) is 0 Å². The summed E-state index contributed by atoms with van der Waals surface area (Å²) in [5, 5.41) is 93.8. The van der Waals surface area contributed by atoms with Gasteiger partial charge in [0.15, 0.2) is 0 Å². The minimum absolute atomic E-state index is 0.00160. The van der Waals surface area contributed by atoms with Crippen LogP contribution >= 0.6 is 136 Å². The maximum atomic E-state index is 13.9.